The van der Waals surface area contributed by atoms with Gasteiger partial charge in [-0.25, -0.2) is 0 Å². The number of allylic oxidation sites excluding steroid dienone is 5. The second-order valence-corrected chi connectivity index (χ2v) is 5.76. The summed E-state index contributed by atoms with van der Waals surface area (Å²) < 4.78 is 0. The van der Waals surface area contributed by atoms with E-state index in [1.807, 2.05) is 48.8 Å². The molecule has 0 aromatic heterocycles. The third kappa shape index (κ3) is 6.15. The topological polar surface area (TPSA) is 56.1 Å². The van der Waals surface area contributed by atoms with E-state index in [0.29, 0.717) is 5.69 Å². The summed E-state index contributed by atoms with van der Waals surface area (Å²) in [5, 5.41) is 11.9. The summed E-state index contributed by atoms with van der Waals surface area (Å²) in [4.78, 5) is 14.3. The molecular formula is C21H23N3O. The van der Waals surface area contributed by atoms with Gasteiger partial charge >= 0.3 is 0 Å². The maximum atomic E-state index is 12.1. The van der Waals surface area contributed by atoms with E-state index in [1.165, 1.54) is 19.3 Å². The average Bonchev–Trinajstić information content (AvgIpc) is 2.64. The SMILES string of the molecule is CCCCCN1C=CC(=CC=C(C#N)C(=O)Nc2ccccc2)C=C1. The van der Waals surface area contributed by atoms with Crippen molar-refractivity contribution in [2.75, 3.05) is 11.9 Å². The first-order chi connectivity index (χ1) is 12.2. The summed E-state index contributed by atoms with van der Waals surface area (Å²) in [7, 11) is 0. The van der Waals surface area contributed by atoms with Crippen molar-refractivity contribution in [3.05, 3.63) is 78.2 Å². The van der Waals surface area contributed by atoms with E-state index in [1.54, 1.807) is 24.3 Å². The van der Waals surface area contributed by atoms with Crippen molar-refractivity contribution >= 4 is 11.6 Å². The highest BCUT2D eigenvalue weighted by Crippen LogP contribution is 2.12. The molecule has 1 aromatic carbocycles. The zero-order valence-electron chi connectivity index (χ0n) is 14.5. The fraction of sp³-hybridized carbons (Fsp3) is 0.238. The lowest BCUT2D eigenvalue weighted by Gasteiger charge is -2.18. The Morgan fingerprint density at radius 3 is 2.56 bits per heavy atom. The number of amides is 1. The van der Waals surface area contributed by atoms with Crippen LogP contribution >= 0.6 is 0 Å². The highest BCUT2D eigenvalue weighted by molar-refractivity contribution is 6.06. The number of carbonyl (C=O) groups is 1. The third-order valence-corrected chi connectivity index (χ3v) is 3.78. The van der Waals surface area contributed by atoms with E-state index in [-0.39, 0.29) is 5.57 Å². The minimum absolute atomic E-state index is 0.0727. The number of nitrogens with one attached hydrogen (secondary N) is 1. The van der Waals surface area contributed by atoms with Crippen LogP contribution in [0, 0.1) is 11.3 Å². The molecule has 0 spiro atoms. The van der Waals surface area contributed by atoms with E-state index >= 15 is 0 Å². The summed E-state index contributed by atoms with van der Waals surface area (Å²) in [6.07, 6.45) is 14.9. The van der Waals surface area contributed by atoms with Gasteiger partial charge in [0, 0.05) is 24.6 Å². The van der Waals surface area contributed by atoms with Crippen LogP contribution in [0.15, 0.2) is 78.2 Å². The number of benzene rings is 1. The number of para-hydroxylation sites is 1. The molecule has 1 aliphatic heterocycles. The number of hydrogen-bond donors (Lipinski definition) is 1. The maximum absolute atomic E-state index is 12.1. The van der Waals surface area contributed by atoms with Gasteiger partial charge in [0.25, 0.3) is 5.91 Å². The van der Waals surface area contributed by atoms with E-state index < -0.39 is 5.91 Å². The van der Waals surface area contributed by atoms with Gasteiger partial charge in [0.15, 0.2) is 0 Å². The van der Waals surface area contributed by atoms with Crippen LogP contribution in [-0.2, 0) is 4.79 Å². The molecule has 0 saturated heterocycles. The van der Waals surface area contributed by atoms with Gasteiger partial charge in [-0.1, -0.05) is 44.0 Å². The van der Waals surface area contributed by atoms with Gasteiger partial charge in [0.05, 0.1) is 0 Å². The number of hydrogen-bond acceptors (Lipinski definition) is 3. The van der Waals surface area contributed by atoms with Crippen molar-refractivity contribution < 1.29 is 4.79 Å². The van der Waals surface area contributed by atoms with Gasteiger partial charge in [-0.15, -0.1) is 0 Å². The Balaban J connectivity index is 1.95. The molecule has 25 heavy (non-hydrogen) atoms. The smallest absolute Gasteiger partial charge is 0.266 e. The Labute approximate surface area is 149 Å². The number of rotatable bonds is 7. The Kier molecular flexibility index (Phi) is 7.27. The van der Waals surface area contributed by atoms with Crippen LogP contribution < -0.4 is 5.32 Å². The fourth-order valence-electron chi connectivity index (χ4n) is 2.34. The first-order valence-electron chi connectivity index (χ1n) is 8.53. The minimum atomic E-state index is -0.407. The van der Waals surface area contributed by atoms with Crippen molar-refractivity contribution in [2.45, 2.75) is 26.2 Å². The van der Waals surface area contributed by atoms with E-state index in [9.17, 15) is 10.1 Å². The maximum Gasteiger partial charge on any atom is 0.266 e. The molecule has 128 valence electrons. The zero-order chi connectivity index (χ0) is 17.9. The lowest BCUT2D eigenvalue weighted by molar-refractivity contribution is -0.112. The molecule has 1 heterocycles. The summed E-state index contributed by atoms with van der Waals surface area (Å²) in [5.74, 6) is -0.407. The first kappa shape index (κ1) is 18.3. The third-order valence-electron chi connectivity index (χ3n) is 3.78. The predicted molar refractivity (Wildman–Crippen MR) is 101 cm³/mol. The molecule has 0 fully saturated rings. The summed E-state index contributed by atoms with van der Waals surface area (Å²) >= 11 is 0. The molecule has 1 aliphatic rings. The molecule has 0 radical (unpaired) electrons. The van der Waals surface area contributed by atoms with Crippen LogP contribution in [0.1, 0.15) is 26.2 Å². The number of unbranched alkanes of at least 4 members (excludes halogenated alkanes) is 2. The average molecular weight is 333 g/mol. The molecule has 0 bridgehead atoms. The summed E-state index contributed by atoms with van der Waals surface area (Å²) in [6, 6.07) is 11.0. The molecule has 4 nitrogen and oxygen atoms in total. The molecule has 1 amide bonds. The van der Waals surface area contributed by atoms with Crippen LogP contribution in [0.3, 0.4) is 0 Å². The van der Waals surface area contributed by atoms with Gasteiger partial charge in [-0.3, -0.25) is 4.79 Å². The first-order valence-corrected chi connectivity index (χ1v) is 8.53. The molecule has 0 atom stereocenters. The van der Waals surface area contributed by atoms with E-state index in [2.05, 4.69) is 17.1 Å². The summed E-state index contributed by atoms with van der Waals surface area (Å²) in [6.45, 7) is 3.20. The van der Waals surface area contributed by atoms with E-state index in [0.717, 1.165) is 12.1 Å². The monoisotopic (exact) mass is 333 g/mol. The zero-order valence-corrected chi connectivity index (χ0v) is 14.5. The normalized spacial score (nSPS) is 13.5. The molecular weight excluding hydrogens is 310 g/mol. The van der Waals surface area contributed by atoms with Crippen LogP contribution in [-0.4, -0.2) is 17.4 Å². The predicted octanol–water partition coefficient (Wildman–Crippen LogP) is 4.53. The second-order valence-electron chi connectivity index (χ2n) is 5.76. The van der Waals surface area contributed by atoms with Crippen molar-refractivity contribution in [1.82, 2.24) is 4.90 Å². The van der Waals surface area contributed by atoms with Gasteiger partial charge in [-0.05, 0) is 42.4 Å². The van der Waals surface area contributed by atoms with Crippen molar-refractivity contribution in [1.29, 1.82) is 5.26 Å². The largest absolute Gasteiger partial charge is 0.354 e. The minimum Gasteiger partial charge on any atom is -0.354 e. The Hall–Kier alpha value is -3.06. The van der Waals surface area contributed by atoms with Crippen molar-refractivity contribution in [3.8, 4) is 6.07 Å². The molecule has 0 unspecified atom stereocenters. The molecule has 2 rings (SSSR count). The highest BCUT2D eigenvalue weighted by atomic mass is 16.1. The molecule has 0 aliphatic carbocycles. The van der Waals surface area contributed by atoms with Gasteiger partial charge in [0.1, 0.15) is 11.6 Å². The number of nitrogens with zero attached hydrogens (tertiary/aromatic N) is 2. The van der Waals surface area contributed by atoms with Crippen LogP contribution in [0.2, 0.25) is 0 Å². The molecule has 1 N–H and O–H groups in total. The van der Waals surface area contributed by atoms with Crippen molar-refractivity contribution in [3.63, 3.8) is 0 Å². The van der Waals surface area contributed by atoms with Gasteiger partial charge < -0.3 is 10.2 Å². The Bertz CT molecular complexity index is 720. The van der Waals surface area contributed by atoms with Crippen LogP contribution in [0.5, 0.6) is 0 Å². The van der Waals surface area contributed by atoms with Crippen molar-refractivity contribution in [2.24, 2.45) is 0 Å². The van der Waals surface area contributed by atoms with Crippen LogP contribution in [0.4, 0.5) is 5.69 Å². The lowest BCUT2D eigenvalue weighted by atomic mass is 10.1. The molecule has 4 heteroatoms. The van der Waals surface area contributed by atoms with Gasteiger partial charge in [0.2, 0.25) is 0 Å². The molecule has 0 saturated carbocycles. The number of nitriles is 1. The lowest BCUT2D eigenvalue weighted by Crippen LogP contribution is -2.13. The number of carbonyl (C=O) groups excluding carboxylic acids is 1. The van der Waals surface area contributed by atoms with E-state index in [4.69, 9.17) is 0 Å². The van der Waals surface area contributed by atoms with Gasteiger partial charge in [-0.2, -0.15) is 5.26 Å². The second kappa shape index (κ2) is 9.94. The highest BCUT2D eigenvalue weighted by Gasteiger charge is 2.08. The summed E-state index contributed by atoms with van der Waals surface area (Å²) in [5.41, 5.74) is 1.69. The van der Waals surface area contributed by atoms with Crippen LogP contribution in [0.25, 0.3) is 0 Å². The fourth-order valence-corrected chi connectivity index (χ4v) is 2.34. The standard InChI is InChI=1S/C21H23N3O/c1-2-3-7-14-24-15-12-18(13-16-24)10-11-19(17-22)21(25)23-20-8-5-4-6-9-20/h4-6,8-13,15-16H,2-3,7,14H2,1H3,(H,23,25). The Morgan fingerprint density at radius 1 is 1.20 bits per heavy atom. The quantitative estimate of drug-likeness (QED) is 0.453. The number of anilines is 1. The Morgan fingerprint density at radius 2 is 1.92 bits per heavy atom. The molecule has 1 aromatic rings.